The second-order valence-electron chi connectivity index (χ2n) is 10.8. The van der Waals surface area contributed by atoms with Crippen molar-refractivity contribution < 1.29 is 24.1 Å². The van der Waals surface area contributed by atoms with E-state index in [4.69, 9.17) is 4.74 Å². The van der Waals surface area contributed by atoms with Crippen LogP contribution in [0.15, 0.2) is 42.5 Å². The van der Waals surface area contributed by atoms with Crippen molar-refractivity contribution >= 4 is 16.8 Å². The molecule has 2 aromatic carbocycles. The number of aromatic amines is 1. The number of nitrogens with zero attached hydrogens (tertiary/aromatic N) is 2. The summed E-state index contributed by atoms with van der Waals surface area (Å²) in [6.45, 7) is 1.51. The van der Waals surface area contributed by atoms with Gasteiger partial charge in [0.2, 0.25) is 5.91 Å². The van der Waals surface area contributed by atoms with Gasteiger partial charge in [-0.3, -0.25) is 9.69 Å². The molecule has 6 rings (SSSR count). The normalized spacial score (nSPS) is 22.6. The Bertz CT molecular complexity index is 1310. The molecule has 1 aliphatic carbocycles. The predicted molar refractivity (Wildman–Crippen MR) is 138 cm³/mol. The van der Waals surface area contributed by atoms with Gasteiger partial charge in [-0.05, 0) is 49.4 Å². The third-order valence-corrected chi connectivity index (χ3v) is 8.94. The summed E-state index contributed by atoms with van der Waals surface area (Å²) in [5, 5.41) is 23.1. The molecule has 1 aromatic heterocycles. The molecule has 7 nitrogen and oxygen atoms in total. The lowest BCUT2D eigenvalue weighted by atomic mass is 9.67. The zero-order valence-electron chi connectivity index (χ0n) is 21.1. The number of fused-ring (bicyclic) bond motifs is 4. The van der Waals surface area contributed by atoms with Gasteiger partial charge < -0.3 is 24.8 Å². The first-order valence-corrected chi connectivity index (χ1v) is 13.2. The number of piperidine rings is 1. The van der Waals surface area contributed by atoms with Crippen molar-refractivity contribution in [1.82, 2.24) is 14.8 Å². The molecule has 3 aliphatic rings. The fourth-order valence-corrected chi connectivity index (χ4v) is 6.64. The number of hydrogen-bond acceptors (Lipinski definition) is 5. The molecule has 1 spiro atoms. The van der Waals surface area contributed by atoms with Crippen LogP contribution in [0.5, 0.6) is 5.75 Å². The third-order valence-electron chi connectivity index (χ3n) is 8.94. The quantitative estimate of drug-likeness (QED) is 0.486. The SMILES string of the molecule is COc1ccc2c3c([nH]c2c1)C(CO)N(C(O)c1ccccc1F)CC31CCN(C(=O)C2CCC2)CC1. The van der Waals surface area contributed by atoms with Gasteiger partial charge in [-0.15, -0.1) is 0 Å². The Hall–Kier alpha value is -2.94. The predicted octanol–water partition coefficient (Wildman–Crippen LogP) is 4.02. The number of methoxy groups -OCH3 is 1. The molecule has 2 unspecified atom stereocenters. The zero-order valence-corrected chi connectivity index (χ0v) is 21.1. The number of carbonyl (C=O) groups excluding carboxylic acids is 1. The van der Waals surface area contributed by atoms with Crippen LogP contribution >= 0.6 is 0 Å². The van der Waals surface area contributed by atoms with Gasteiger partial charge in [-0.2, -0.15) is 0 Å². The number of carbonyl (C=O) groups is 1. The summed E-state index contributed by atoms with van der Waals surface area (Å²) in [4.78, 5) is 20.3. The van der Waals surface area contributed by atoms with Gasteiger partial charge in [-0.25, -0.2) is 4.39 Å². The standard InChI is InChI=1S/C29H34FN3O4/c1-37-19-9-10-21-23(15-19)31-26-24(16-34)33(28(36)20-7-2-3-8-22(20)30)17-29(25(21)26)11-13-32(14-12-29)27(35)18-5-4-6-18/h2-3,7-10,15,18,24,28,31,34,36H,4-6,11-14,16-17H2,1H3. The Balaban J connectivity index is 1.43. The highest BCUT2D eigenvalue weighted by molar-refractivity contribution is 5.88. The minimum Gasteiger partial charge on any atom is -0.497 e. The number of aliphatic hydroxyl groups is 2. The number of aliphatic hydroxyl groups excluding tert-OH is 2. The van der Waals surface area contributed by atoms with Gasteiger partial charge in [0.25, 0.3) is 0 Å². The lowest BCUT2D eigenvalue weighted by Gasteiger charge is -2.51. The fourth-order valence-electron chi connectivity index (χ4n) is 6.64. The topological polar surface area (TPSA) is 89.0 Å². The number of rotatable bonds is 5. The highest BCUT2D eigenvalue weighted by atomic mass is 19.1. The maximum absolute atomic E-state index is 14.7. The largest absolute Gasteiger partial charge is 0.497 e. The Morgan fingerprint density at radius 2 is 1.97 bits per heavy atom. The molecule has 0 radical (unpaired) electrons. The summed E-state index contributed by atoms with van der Waals surface area (Å²) in [6, 6.07) is 11.6. The van der Waals surface area contributed by atoms with Crippen LogP contribution < -0.4 is 4.74 Å². The van der Waals surface area contributed by atoms with Crippen molar-refractivity contribution in [2.75, 3.05) is 33.4 Å². The second-order valence-corrected chi connectivity index (χ2v) is 10.8. The first kappa shape index (κ1) is 24.4. The molecule has 8 heteroatoms. The van der Waals surface area contributed by atoms with E-state index >= 15 is 0 Å². The van der Waals surface area contributed by atoms with E-state index in [2.05, 4.69) is 11.1 Å². The van der Waals surface area contributed by atoms with Crippen LogP contribution in [-0.2, 0) is 10.2 Å². The van der Waals surface area contributed by atoms with Crippen LogP contribution in [0.3, 0.4) is 0 Å². The van der Waals surface area contributed by atoms with Crippen molar-refractivity contribution in [2.45, 2.75) is 49.8 Å². The first-order valence-electron chi connectivity index (χ1n) is 13.2. The van der Waals surface area contributed by atoms with Gasteiger partial charge >= 0.3 is 0 Å². The molecular weight excluding hydrogens is 473 g/mol. The van der Waals surface area contributed by atoms with Crippen LogP contribution in [0.4, 0.5) is 4.39 Å². The van der Waals surface area contributed by atoms with Gasteiger partial charge in [0.05, 0.1) is 19.8 Å². The molecule has 3 N–H and O–H groups in total. The number of benzene rings is 2. The second kappa shape index (κ2) is 9.42. The summed E-state index contributed by atoms with van der Waals surface area (Å²) in [7, 11) is 1.63. The lowest BCUT2D eigenvalue weighted by Crippen LogP contribution is -2.56. The minimum atomic E-state index is -1.22. The van der Waals surface area contributed by atoms with Gasteiger partial charge in [0, 0.05) is 59.2 Å². The number of hydrogen-bond donors (Lipinski definition) is 3. The number of likely N-dealkylation sites (tertiary alicyclic amines) is 1. The van der Waals surface area contributed by atoms with E-state index in [9.17, 15) is 19.4 Å². The Morgan fingerprint density at radius 3 is 2.62 bits per heavy atom. The summed E-state index contributed by atoms with van der Waals surface area (Å²) in [5.74, 6) is 0.672. The number of nitrogens with one attached hydrogen (secondary N) is 1. The van der Waals surface area contributed by atoms with Gasteiger partial charge in [0.15, 0.2) is 0 Å². The van der Waals surface area contributed by atoms with Crippen LogP contribution in [-0.4, -0.2) is 64.3 Å². The molecule has 196 valence electrons. The molecule has 37 heavy (non-hydrogen) atoms. The van der Waals surface area contributed by atoms with Gasteiger partial charge in [0.1, 0.15) is 17.8 Å². The highest BCUT2D eigenvalue weighted by Crippen LogP contribution is 2.51. The van der Waals surface area contributed by atoms with Crippen molar-refractivity contribution in [3.8, 4) is 5.75 Å². The molecular formula is C29H34FN3O4. The van der Waals surface area contributed by atoms with Crippen molar-refractivity contribution in [3.05, 3.63) is 65.1 Å². The van der Waals surface area contributed by atoms with Crippen LogP contribution in [0.25, 0.3) is 10.9 Å². The molecule has 2 fully saturated rings. The zero-order chi connectivity index (χ0) is 25.7. The average Bonchev–Trinajstić information content (AvgIpc) is 3.27. The van der Waals surface area contributed by atoms with Crippen LogP contribution in [0, 0.1) is 11.7 Å². The number of aromatic nitrogens is 1. The average molecular weight is 508 g/mol. The van der Waals surface area contributed by atoms with Crippen molar-refractivity contribution in [3.63, 3.8) is 0 Å². The van der Waals surface area contributed by atoms with E-state index in [1.165, 1.54) is 6.07 Å². The third kappa shape index (κ3) is 3.93. The van der Waals surface area contributed by atoms with E-state index in [0.717, 1.165) is 60.0 Å². The van der Waals surface area contributed by atoms with E-state index < -0.39 is 18.1 Å². The Morgan fingerprint density at radius 1 is 1.22 bits per heavy atom. The van der Waals surface area contributed by atoms with Crippen LogP contribution in [0.1, 0.15) is 61.2 Å². The molecule has 1 saturated heterocycles. The summed E-state index contributed by atoms with van der Waals surface area (Å²) >= 11 is 0. The Labute approximate surface area is 215 Å². The van der Waals surface area contributed by atoms with E-state index in [1.54, 1.807) is 25.3 Å². The summed E-state index contributed by atoms with van der Waals surface area (Å²) in [6.07, 6.45) is 3.33. The number of amides is 1. The monoisotopic (exact) mass is 507 g/mol. The molecule has 3 heterocycles. The highest BCUT2D eigenvalue weighted by Gasteiger charge is 2.50. The smallest absolute Gasteiger partial charge is 0.225 e. The molecule has 1 amide bonds. The molecule has 1 saturated carbocycles. The fraction of sp³-hybridized carbons (Fsp3) is 0.483. The number of H-pyrrole nitrogens is 1. The van der Waals surface area contributed by atoms with Crippen molar-refractivity contribution in [2.24, 2.45) is 5.92 Å². The number of halogens is 1. The van der Waals surface area contributed by atoms with E-state index in [0.29, 0.717) is 19.6 Å². The molecule has 2 aliphatic heterocycles. The molecule has 0 bridgehead atoms. The lowest BCUT2D eigenvalue weighted by molar-refractivity contribution is -0.140. The maximum Gasteiger partial charge on any atom is 0.225 e. The summed E-state index contributed by atoms with van der Waals surface area (Å²) in [5.41, 5.74) is 2.70. The van der Waals surface area contributed by atoms with E-state index in [-0.39, 0.29) is 29.4 Å². The molecule has 3 aromatic rings. The van der Waals surface area contributed by atoms with E-state index in [1.807, 2.05) is 21.9 Å². The first-order chi connectivity index (χ1) is 18.0. The van der Waals surface area contributed by atoms with Crippen LogP contribution in [0.2, 0.25) is 0 Å². The Kier molecular flexibility index (Phi) is 6.21. The summed E-state index contributed by atoms with van der Waals surface area (Å²) < 4.78 is 20.2. The van der Waals surface area contributed by atoms with Gasteiger partial charge in [-0.1, -0.05) is 24.6 Å². The number of ether oxygens (including phenoxy) is 1. The molecule has 2 atom stereocenters. The minimum absolute atomic E-state index is 0.162. The maximum atomic E-state index is 14.7. The van der Waals surface area contributed by atoms with Crippen molar-refractivity contribution in [1.29, 1.82) is 0 Å².